The molecular formula is C10H15N3O4. The van der Waals surface area contributed by atoms with E-state index in [2.05, 4.69) is 0 Å². The van der Waals surface area contributed by atoms with Crippen molar-refractivity contribution in [3.63, 3.8) is 0 Å². The van der Waals surface area contributed by atoms with E-state index in [0.29, 0.717) is 13.2 Å². The smallest absolute Gasteiger partial charge is 0.319 e. The second-order valence-electron chi connectivity index (χ2n) is 3.78. The van der Waals surface area contributed by atoms with Crippen LogP contribution in [0, 0.1) is 11.3 Å². The number of morpholine rings is 1. The van der Waals surface area contributed by atoms with Crippen molar-refractivity contribution in [3.8, 4) is 6.07 Å². The van der Waals surface area contributed by atoms with Crippen molar-refractivity contribution in [3.05, 3.63) is 0 Å². The fourth-order valence-corrected chi connectivity index (χ4v) is 1.50. The SMILES string of the molecule is CN(CCC(=O)O)C(=O)N1CCOC(C#N)C1. The summed E-state index contributed by atoms with van der Waals surface area (Å²) in [6, 6.07) is 1.68. The lowest BCUT2D eigenvalue weighted by molar-refractivity contribution is -0.137. The molecule has 0 spiro atoms. The van der Waals surface area contributed by atoms with E-state index in [1.54, 1.807) is 7.05 Å². The zero-order valence-corrected chi connectivity index (χ0v) is 9.63. The van der Waals surface area contributed by atoms with Crippen molar-refractivity contribution in [1.82, 2.24) is 9.80 Å². The molecular weight excluding hydrogens is 226 g/mol. The van der Waals surface area contributed by atoms with Gasteiger partial charge in [0.05, 0.1) is 25.6 Å². The number of aliphatic carboxylic acids is 1. The molecule has 0 bridgehead atoms. The van der Waals surface area contributed by atoms with E-state index in [-0.39, 0.29) is 25.5 Å². The molecule has 1 fully saturated rings. The van der Waals surface area contributed by atoms with E-state index in [9.17, 15) is 9.59 Å². The molecule has 1 aliphatic rings. The fraction of sp³-hybridized carbons (Fsp3) is 0.700. The second-order valence-corrected chi connectivity index (χ2v) is 3.78. The first-order valence-corrected chi connectivity index (χ1v) is 5.27. The first-order chi connectivity index (χ1) is 8.04. The van der Waals surface area contributed by atoms with Gasteiger partial charge in [-0.25, -0.2) is 4.79 Å². The van der Waals surface area contributed by atoms with Gasteiger partial charge in [0.2, 0.25) is 0 Å². The van der Waals surface area contributed by atoms with Crippen LogP contribution < -0.4 is 0 Å². The molecule has 1 saturated heterocycles. The van der Waals surface area contributed by atoms with Gasteiger partial charge in [-0.1, -0.05) is 0 Å². The van der Waals surface area contributed by atoms with E-state index in [4.69, 9.17) is 15.1 Å². The summed E-state index contributed by atoms with van der Waals surface area (Å²) in [5.74, 6) is -0.943. The molecule has 94 valence electrons. The number of nitriles is 1. The topological polar surface area (TPSA) is 93.9 Å². The van der Waals surface area contributed by atoms with Gasteiger partial charge in [-0.3, -0.25) is 4.79 Å². The van der Waals surface area contributed by atoms with Gasteiger partial charge in [0.25, 0.3) is 0 Å². The molecule has 1 heterocycles. The van der Waals surface area contributed by atoms with Crippen LogP contribution >= 0.6 is 0 Å². The summed E-state index contributed by atoms with van der Waals surface area (Å²) in [6.45, 7) is 1.14. The van der Waals surface area contributed by atoms with Crippen LogP contribution in [0.5, 0.6) is 0 Å². The molecule has 0 radical (unpaired) electrons. The highest BCUT2D eigenvalue weighted by atomic mass is 16.5. The Morgan fingerprint density at radius 2 is 2.35 bits per heavy atom. The Labute approximate surface area is 99.2 Å². The molecule has 7 nitrogen and oxygen atoms in total. The fourth-order valence-electron chi connectivity index (χ4n) is 1.50. The number of nitrogens with zero attached hydrogens (tertiary/aromatic N) is 3. The van der Waals surface area contributed by atoms with Crippen LogP contribution in [0.4, 0.5) is 4.79 Å². The number of amides is 2. The number of carbonyl (C=O) groups excluding carboxylic acids is 1. The molecule has 0 aliphatic carbocycles. The van der Waals surface area contributed by atoms with E-state index in [0.717, 1.165) is 0 Å². The molecule has 0 saturated carbocycles. The maximum Gasteiger partial charge on any atom is 0.319 e. The summed E-state index contributed by atoms with van der Waals surface area (Å²) < 4.78 is 5.12. The molecule has 0 aromatic heterocycles. The van der Waals surface area contributed by atoms with Crippen LogP contribution in [-0.4, -0.2) is 66.3 Å². The minimum Gasteiger partial charge on any atom is -0.481 e. The van der Waals surface area contributed by atoms with Crippen molar-refractivity contribution in [2.75, 3.05) is 33.3 Å². The van der Waals surface area contributed by atoms with Crippen LogP contribution in [-0.2, 0) is 9.53 Å². The van der Waals surface area contributed by atoms with Crippen LogP contribution in [0.2, 0.25) is 0 Å². The highest BCUT2D eigenvalue weighted by Crippen LogP contribution is 2.07. The van der Waals surface area contributed by atoms with Gasteiger partial charge >= 0.3 is 12.0 Å². The predicted molar refractivity (Wildman–Crippen MR) is 57.2 cm³/mol. The van der Waals surface area contributed by atoms with Crippen molar-refractivity contribution >= 4 is 12.0 Å². The Bertz CT molecular complexity index is 339. The number of hydrogen-bond donors (Lipinski definition) is 1. The maximum atomic E-state index is 11.9. The van der Waals surface area contributed by atoms with Crippen LogP contribution in [0.15, 0.2) is 0 Å². The third-order valence-electron chi connectivity index (χ3n) is 2.47. The highest BCUT2D eigenvalue weighted by molar-refractivity contribution is 5.75. The minimum atomic E-state index is -0.943. The Morgan fingerprint density at radius 1 is 1.65 bits per heavy atom. The summed E-state index contributed by atoms with van der Waals surface area (Å²) >= 11 is 0. The lowest BCUT2D eigenvalue weighted by atomic mass is 10.3. The summed E-state index contributed by atoms with van der Waals surface area (Å²) in [4.78, 5) is 25.1. The lowest BCUT2D eigenvalue weighted by Gasteiger charge is -2.32. The Balaban J connectivity index is 2.45. The number of carboxylic acid groups (broad SMARTS) is 1. The molecule has 0 aromatic rings. The van der Waals surface area contributed by atoms with Crippen molar-refractivity contribution in [2.45, 2.75) is 12.5 Å². The number of carboxylic acids is 1. The maximum absolute atomic E-state index is 11.9. The summed E-state index contributed by atoms with van der Waals surface area (Å²) in [6.07, 6.45) is -0.686. The third kappa shape index (κ3) is 3.92. The number of hydrogen-bond acceptors (Lipinski definition) is 4. The molecule has 1 rings (SSSR count). The van der Waals surface area contributed by atoms with Gasteiger partial charge < -0.3 is 19.6 Å². The monoisotopic (exact) mass is 241 g/mol. The van der Waals surface area contributed by atoms with E-state index in [1.807, 2.05) is 6.07 Å². The average Bonchev–Trinajstić information content (AvgIpc) is 2.35. The zero-order chi connectivity index (χ0) is 12.8. The molecule has 1 N–H and O–H groups in total. The van der Waals surface area contributed by atoms with Gasteiger partial charge in [0, 0.05) is 20.1 Å². The van der Waals surface area contributed by atoms with Gasteiger partial charge in [-0.2, -0.15) is 5.26 Å². The van der Waals surface area contributed by atoms with Crippen molar-refractivity contribution in [2.24, 2.45) is 0 Å². The molecule has 1 unspecified atom stereocenters. The zero-order valence-electron chi connectivity index (χ0n) is 9.63. The predicted octanol–water partition coefficient (Wildman–Crippen LogP) is -0.263. The summed E-state index contributed by atoms with van der Waals surface area (Å²) in [7, 11) is 1.54. The lowest BCUT2D eigenvalue weighted by Crippen LogP contribution is -2.50. The molecule has 1 atom stereocenters. The molecule has 1 aliphatic heterocycles. The summed E-state index contributed by atoms with van der Waals surface area (Å²) in [5, 5.41) is 17.2. The molecule has 0 aromatic carbocycles. The number of urea groups is 1. The van der Waals surface area contributed by atoms with Gasteiger partial charge in [-0.15, -0.1) is 0 Å². The first-order valence-electron chi connectivity index (χ1n) is 5.27. The minimum absolute atomic E-state index is 0.0890. The average molecular weight is 241 g/mol. The largest absolute Gasteiger partial charge is 0.481 e. The standard InChI is InChI=1S/C10H15N3O4/c1-12(3-2-9(14)15)10(16)13-4-5-17-8(6-11)7-13/h8H,2-5,7H2,1H3,(H,14,15). The second kappa shape index (κ2) is 6.06. The van der Waals surface area contributed by atoms with Crippen LogP contribution in [0.3, 0.4) is 0 Å². The van der Waals surface area contributed by atoms with Crippen molar-refractivity contribution < 1.29 is 19.4 Å². The van der Waals surface area contributed by atoms with Gasteiger partial charge in [-0.05, 0) is 0 Å². The van der Waals surface area contributed by atoms with Crippen molar-refractivity contribution in [1.29, 1.82) is 5.26 Å². The first kappa shape index (κ1) is 13.3. The molecule has 2 amide bonds. The number of ether oxygens (including phenoxy) is 1. The summed E-state index contributed by atoms with van der Waals surface area (Å²) in [5.41, 5.74) is 0. The highest BCUT2D eigenvalue weighted by Gasteiger charge is 2.26. The van der Waals surface area contributed by atoms with E-state index in [1.165, 1.54) is 9.80 Å². The van der Waals surface area contributed by atoms with Gasteiger partial charge in [0.15, 0.2) is 6.10 Å². The normalized spacial score (nSPS) is 19.5. The van der Waals surface area contributed by atoms with E-state index >= 15 is 0 Å². The van der Waals surface area contributed by atoms with Gasteiger partial charge in [0.1, 0.15) is 0 Å². The quantitative estimate of drug-likeness (QED) is 0.734. The van der Waals surface area contributed by atoms with Crippen LogP contribution in [0.1, 0.15) is 6.42 Å². The Morgan fingerprint density at radius 3 is 2.94 bits per heavy atom. The molecule has 7 heteroatoms. The van der Waals surface area contributed by atoms with E-state index < -0.39 is 12.1 Å². The third-order valence-corrected chi connectivity index (χ3v) is 2.47. The molecule has 17 heavy (non-hydrogen) atoms. The number of rotatable bonds is 3. The Hall–Kier alpha value is -1.81. The Kier molecular flexibility index (Phi) is 4.72. The van der Waals surface area contributed by atoms with Crippen LogP contribution in [0.25, 0.3) is 0 Å². The number of carbonyl (C=O) groups is 2.